The summed E-state index contributed by atoms with van der Waals surface area (Å²) in [5, 5.41) is 3.02. The summed E-state index contributed by atoms with van der Waals surface area (Å²) in [5.74, 6) is 1.27. The summed E-state index contributed by atoms with van der Waals surface area (Å²) in [7, 11) is 3.18. The zero-order chi connectivity index (χ0) is 15.5. The van der Waals surface area contributed by atoms with Crippen molar-refractivity contribution in [2.24, 2.45) is 11.1 Å². The van der Waals surface area contributed by atoms with Crippen LogP contribution in [0.2, 0.25) is 0 Å². The maximum absolute atomic E-state index is 12.6. The monoisotopic (exact) mass is 328 g/mol. The lowest BCUT2D eigenvalue weighted by molar-refractivity contribution is -0.124. The first-order valence-electron chi connectivity index (χ1n) is 7.30. The van der Waals surface area contributed by atoms with Gasteiger partial charge in [-0.1, -0.05) is 12.8 Å². The summed E-state index contributed by atoms with van der Waals surface area (Å²) >= 11 is 0. The van der Waals surface area contributed by atoms with Crippen molar-refractivity contribution in [3.05, 3.63) is 17.7 Å². The van der Waals surface area contributed by atoms with Crippen LogP contribution >= 0.6 is 12.4 Å². The molecule has 1 fully saturated rings. The van der Waals surface area contributed by atoms with Crippen molar-refractivity contribution in [2.45, 2.75) is 32.6 Å². The van der Waals surface area contributed by atoms with Gasteiger partial charge >= 0.3 is 0 Å². The van der Waals surface area contributed by atoms with E-state index in [1.54, 1.807) is 20.3 Å². The number of benzene rings is 1. The quantitative estimate of drug-likeness (QED) is 0.871. The Hall–Kier alpha value is -1.46. The molecule has 3 N–H and O–H groups in total. The molecule has 0 saturated heterocycles. The molecule has 0 radical (unpaired) electrons. The number of amides is 1. The van der Waals surface area contributed by atoms with E-state index >= 15 is 0 Å². The molecule has 0 atom stereocenters. The number of hydrogen-bond acceptors (Lipinski definition) is 4. The van der Waals surface area contributed by atoms with Gasteiger partial charge in [-0.25, -0.2) is 0 Å². The fraction of sp³-hybridized carbons (Fsp3) is 0.562. The van der Waals surface area contributed by atoms with Crippen LogP contribution in [-0.4, -0.2) is 26.7 Å². The van der Waals surface area contributed by atoms with Crippen molar-refractivity contribution in [3.8, 4) is 11.5 Å². The van der Waals surface area contributed by atoms with Gasteiger partial charge in [-0.15, -0.1) is 12.4 Å². The maximum atomic E-state index is 12.6. The van der Waals surface area contributed by atoms with E-state index in [2.05, 4.69) is 5.32 Å². The van der Waals surface area contributed by atoms with E-state index in [1.165, 1.54) is 0 Å². The van der Waals surface area contributed by atoms with Gasteiger partial charge in [0.25, 0.3) is 0 Å². The number of carbonyl (C=O) groups excluding carboxylic acids is 1. The third-order valence-electron chi connectivity index (χ3n) is 4.41. The second kappa shape index (κ2) is 7.70. The fourth-order valence-electron chi connectivity index (χ4n) is 2.95. The van der Waals surface area contributed by atoms with E-state index in [-0.39, 0.29) is 18.3 Å². The van der Waals surface area contributed by atoms with Gasteiger partial charge in [0, 0.05) is 18.3 Å². The Labute approximate surface area is 138 Å². The molecule has 1 aromatic rings. The number of anilines is 1. The molecule has 0 aliphatic heterocycles. The summed E-state index contributed by atoms with van der Waals surface area (Å²) in [5.41, 5.74) is 7.12. The number of nitrogens with two attached hydrogens (primary N) is 1. The molecule has 0 unspecified atom stereocenters. The number of rotatable bonds is 5. The zero-order valence-corrected chi connectivity index (χ0v) is 14.2. The van der Waals surface area contributed by atoms with E-state index in [1.807, 2.05) is 13.0 Å². The Morgan fingerprint density at radius 2 is 1.77 bits per heavy atom. The molecule has 22 heavy (non-hydrogen) atoms. The van der Waals surface area contributed by atoms with Crippen molar-refractivity contribution >= 4 is 24.0 Å². The molecule has 5 nitrogen and oxygen atoms in total. The van der Waals surface area contributed by atoms with Gasteiger partial charge in [0.05, 0.1) is 19.6 Å². The van der Waals surface area contributed by atoms with Gasteiger partial charge in [-0.2, -0.15) is 0 Å². The second-order valence-corrected chi connectivity index (χ2v) is 5.67. The summed E-state index contributed by atoms with van der Waals surface area (Å²) in [6, 6.07) is 3.66. The molecule has 0 bridgehead atoms. The molecule has 2 rings (SSSR count). The Morgan fingerprint density at radius 1 is 1.23 bits per heavy atom. The number of halogens is 1. The Bertz CT molecular complexity index is 528. The SMILES string of the molecule is COc1cc(C)c(NC(=O)C2(CN)CCCC2)cc1OC.Cl. The first-order valence-corrected chi connectivity index (χ1v) is 7.30. The highest BCUT2D eigenvalue weighted by Gasteiger charge is 2.39. The predicted molar refractivity (Wildman–Crippen MR) is 90.1 cm³/mol. The van der Waals surface area contributed by atoms with E-state index in [0.29, 0.717) is 18.0 Å². The molecule has 1 aliphatic carbocycles. The third-order valence-corrected chi connectivity index (χ3v) is 4.41. The smallest absolute Gasteiger partial charge is 0.231 e. The lowest BCUT2D eigenvalue weighted by Crippen LogP contribution is -2.40. The normalized spacial score (nSPS) is 15.8. The van der Waals surface area contributed by atoms with Gasteiger partial charge in [0.2, 0.25) is 5.91 Å². The number of nitrogens with one attached hydrogen (secondary N) is 1. The number of ether oxygens (including phenoxy) is 2. The van der Waals surface area contributed by atoms with Crippen LogP contribution in [0.3, 0.4) is 0 Å². The van der Waals surface area contributed by atoms with Gasteiger partial charge in [0.15, 0.2) is 11.5 Å². The topological polar surface area (TPSA) is 73.6 Å². The zero-order valence-electron chi connectivity index (χ0n) is 13.4. The molecule has 0 spiro atoms. The van der Waals surface area contributed by atoms with E-state index in [9.17, 15) is 4.79 Å². The summed E-state index contributed by atoms with van der Waals surface area (Å²) < 4.78 is 10.5. The minimum atomic E-state index is -0.417. The van der Waals surface area contributed by atoms with Crippen molar-refractivity contribution in [1.29, 1.82) is 0 Å². The van der Waals surface area contributed by atoms with Crippen LogP contribution in [0.1, 0.15) is 31.2 Å². The molecule has 1 saturated carbocycles. The molecule has 1 aliphatic rings. The largest absolute Gasteiger partial charge is 0.493 e. The molecule has 1 amide bonds. The van der Waals surface area contributed by atoms with Crippen molar-refractivity contribution in [2.75, 3.05) is 26.1 Å². The Balaban J connectivity index is 0.00000242. The maximum Gasteiger partial charge on any atom is 0.231 e. The van der Waals surface area contributed by atoms with Gasteiger partial charge in [0.1, 0.15) is 0 Å². The van der Waals surface area contributed by atoms with E-state index < -0.39 is 5.41 Å². The molecule has 1 aromatic carbocycles. The summed E-state index contributed by atoms with van der Waals surface area (Å²) in [4.78, 5) is 12.6. The summed E-state index contributed by atoms with van der Waals surface area (Å²) in [6.07, 6.45) is 3.86. The van der Waals surface area contributed by atoms with E-state index in [0.717, 1.165) is 36.9 Å². The van der Waals surface area contributed by atoms with E-state index in [4.69, 9.17) is 15.2 Å². The summed E-state index contributed by atoms with van der Waals surface area (Å²) in [6.45, 7) is 2.33. The van der Waals surface area contributed by atoms with Crippen molar-refractivity contribution in [3.63, 3.8) is 0 Å². The molecule has 6 heteroatoms. The minimum absolute atomic E-state index is 0. The Kier molecular flexibility index (Phi) is 6.50. The van der Waals surface area contributed by atoms with Crippen LogP contribution < -0.4 is 20.5 Å². The van der Waals surface area contributed by atoms with Crippen molar-refractivity contribution < 1.29 is 14.3 Å². The minimum Gasteiger partial charge on any atom is -0.493 e. The second-order valence-electron chi connectivity index (χ2n) is 5.67. The van der Waals surface area contributed by atoms with Gasteiger partial charge < -0.3 is 20.5 Å². The number of aryl methyl sites for hydroxylation is 1. The average molecular weight is 329 g/mol. The molecule has 0 aromatic heterocycles. The predicted octanol–water partition coefficient (Wildman–Crippen LogP) is 2.89. The lowest BCUT2D eigenvalue weighted by Gasteiger charge is -2.26. The lowest BCUT2D eigenvalue weighted by atomic mass is 9.85. The third kappa shape index (κ3) is 3.47. The highest BCUT2D eigenvalue weighted by atomic mass is 35.5. The molecule has 124 valence electrons. The fourth-order valence-corrected chi connectivity index (χ4v) is 2.95. The van der Waals surface area contributed by atoms with Gasteiger partial charge in [-0.3, -0.25) is 4.79 Å². The number of carbonyl (C=O) groups is 1. The Morgan fingerprint density at radius 3 is 2.27 bits per heavy atom. The molecule has 0 heterocycles. The van der Waals surface area contributed by atoms with Crippen LogP contribution in [0, 0.1) is 12.3 Å². The first-order chi connectivity index (χ1) is 10.1. The van der Waals surface area contributed by atoms with Gasteiger partial charge in [-0.05, 0) is 31.4 Å². The molecular weight excluding hydrogens is 304 g/mol. The van der Waals surface area contributed by atoms with Crippen LogP contribution in [0.5, 0.6) is 11.5 Å². The highest BCUT2D eigenvalue weighted by molar-refractivity contribution is 5.96. The first kappa shape index (κ1) is 18.6. The van der Waals surface area contributed by atoms with Crippen molar-refractivity contribution in [1.82, 2.24) is 0 Å². The molecular formula is C16H25ClN2O3. The van der Waals surface area contributed by atoms with Crippen LogP contribution in [-0.2, 0) is 4.79 Å². The average Bonchev–Trinajstić information content (AvgIpc) is 2.99. The van der Waals surface area contributed by atoms with Crippen LogP contribution in [0.15, 0.2) is 12.1 Å². The van der Waals surface area contributed by atoms with Crippen LogP contribution in [0.25, 0.3) is 0 Å². The van der Waals surface area contributed by atoms with Crippen LogP contribution in [0.4, 0.5) is 5.69 Å². The number of methoxy groups -OCH3 is 2. The highest BCUT2D eigenvalue weighted by Crippen LogP contribution is 2.39. The number of hydrogen-bond donors (Lipinski definition) is 2. The standard InChI is InChI=1S/C16H24N2O3.ClH/c1-11-8-13(20-2)14(21-3)9-12(11)18-15(19)16(10-17)6-4-5-7-16;/h8-9H,4-7,10,17H2,1-3H3,(H,18,19);1H.